The fraction of sp³-hybridized carbons (Fsp3) is 0.500. The number of anilines is 1. The Hall–Kier alpha value is -1.13. The normalized spacial score (nSPS) is 12.9. The Morgan fingerprint density at radius 2 is 2.07 bits per heavy atom. The van der Waals surface area contributed by atoms with Crippen molar-refractivity contribution in [3.8, 4) is 0 Å². The lowest BCUT2D eigenvalue weighted by molar-refractivity contribution is -0.109. The van der Waals surface area contributed by atoms with Crippen molar-refractivity contribution >= 4 is 5.69 Å². The summed E-state index contributed by atoms with van der Waals surface area (Å²) in [4.78, 5) is 4.00. The highest BCUT2D eigenvalue weighted by Gasteiger charge is 2.14. The van der Waals surface area contributed by atoms with Gasteiger partial charge in [0.05, 0.1) is 11.7 Å². The molecule has 0 aliphatic carbocycles. The van der Waals surface area contributed by atoms with Gasteiger partial charge in [0.1, 0.15) is 0 Å². The first-order valence-electron chi connectivity index (χ1n) is 4.50. The second kappa shape index (κ2) is 5.57. The van der Waals surface area contributed by atoms with Gasteiger partial charge in [0.25, 0.3) is 0 Å². The number of pyridine rings is 1. The molecule has 0 aliphatic rings. The van der Waals surface area contributed by atoms with Crippen LogP contribution in [0.3, 0.4) is 0 Å². The van der Waals surface area contributed by atoms with Crippen LogP contribution in [0.15, 0.2) is 24.5 Å². The Morgan fingerprint density at radius 3 is 2.57 bits per heavy atom. The van der Waals surface area contributed by atoms with Gasteiger partial charge in [0.2, 0.25) is 0 Å². The van der Waals surface area contributed by atoms with Crippen LogP contribution in [0.2, 0.25) is 0 Å². The first-order valence-corrected chi connectivity index (χ1v) is 4.50. The highest BCUT2D eigenvalue weighted by atomic mass is 16.7. The fourth-order valence-electron chi connectivity index (χ4n) is 1.28. The van der Waals surface area contributed by atoms with Crippen molar-refractivity contribution < 1.29 is 9.47 Å². The van der Waals surface area contributed by atoms with Gasteiger partial charge >= 0.3 is 0 Å². The van der Waals surface area contributed by atoms with Crippen LogP contribution in [-0.4, -0.2) is 31.5 Å². The number of nitrogens with one attached hydrogen (secondary N) is 1. The molecule has 4 heteroatoms. The van der Waals surface area contributed by atoms with Gasteiger partial charge < -0.3 is 14.8 Å². The van der Waals surface area contributed by atoms with E-state index in [9.17, 15) is 0 Å². The van der Waals surface area contributed by atoms with Gasteiger partial charge in [-0.05, 0) is 19.1 Å². The molecule has 0 aromatic carbocycles. The summed E-state index contributed by atoms with van der Waals surface area (Å²) in [5.74, 6) is 0. The number of methoxy groups -OCH3 is 2. The Labute approximate surface area is 84.3 Å². The molecular formula is C10H16N2O2. The van der Waals surface area contributed by atoms with E-state index in [1.807, 2.05) is 19.1 Å². The van der Waals surface area contributed by atoms with Crippen LogP contribution < -0.4 is 5.32 Å². The third-order valence-corrected chi connectivity index (χ3v) is 1.93. The number of nitrogens with zero attached hydrogens (tertiary/aromatic N) is 1. The van der Waals surface area contributed by atoms with E-state index in [1.54, 1.807) is 26.6 Å². The summed E-state index contributed by atoms with van der Waals surface area (Å²) < 4.78 is 10.3. The van der Waals surface area contributed by atoms with Crippen LogP contribution in [0.5, 0.6) is 0 Å². The average molecular weight is 196 g/mol. The molecule has 0 bridgehead atoms. The lowest BCUT2D eigenvalue weighted by Gasteiger charge is -2.22. The maximum atomic E-state index is 5.13. The molecule has 1 N–H and O–H groups in total. The zero-order valence-electron chi connectivity index (χ0n) is 8.73. The van der Waals surface area contributed by atoms with Crippen molar-refractivity contribution in [3.05, 3.63) is 24.5 Å². The first-order chi connectivity index (χ1) is 6.77. The molecule has 1 unspecified atom stereocenters. The standard InChI is InChI=1S/C10H16N2O2/c1-8(10(13-2)14-3)12-9-5-4-6-11-7-9/h4-8,10,12H,1-3H3. The quantitative estimate of drug-likeness (QED) is 0.725. The molecule has 78 valence electrons. The van der Waals surface area contributed by atoms with Crippen molar-refractivity contribution in [3.63, 3.8) is 0 Å². The highest BCUT2D eigenvalue weighted by molar-refractivity contribution is 5.40. The lowest BCUT2D eigenvalue weighted by Crippen LogP contribution is -2.33. The van der Waals surface area contributed by atoms with Gasteiger partial charge in [0.15, 0.2) is 6.29 Å². The SMILES string of the molecule is COC(OC)C(C)Nc1cccnc1. The van der Waals surface area contributed by atoms with E-state index in [4.69, 9.17) is 9.47 Å². The van der Waals surface area contributed by atoms with Crippen molar-refractivity contribution in [2.45, 2.75) is 19.3 Å². The van der Waals surface area contributed by atoms with Gasteiger partial charge in [-0.25, -0.2) is 0 Å². The molecule has 1 rings (SSSR count). The van der Waals surface area contributed by atoms with Crippen molar-refractivity contribution in [1.82, 2.24) is 4.98 Å². The molecule has 0 fully saturated rings. The minimum Gasteiger partial charge on any atom is -0.376 e. The van der Waals surface area contributed by atoms with E-state index in [0.29, 0.717) is 0 Å². The van der Waals surface area contributed by atoms with E-state index in [2.05, 4.69) is 10.3 Å². The maximum absolute atomic E-state index is 5.13. The summed E-state index contributed by atoms with van der Waals surface area (Å²) in [6, 6.07) is 3.91. The van der Waals surface area contributed by atoms with E-state index < -0.39 is 0 Å². The molecule has 0 radical (unpaired) electrons. The molecule has 0 aliphatic heterocycles. The van der Waals surface area contributed by atoms with Crippen molar-refractivity contribution in [2.24, 2.45) is 0 Å². The number of aromatic nitrogens is 1. The molecule has 1 aromatic heterocycles. The van der Waals surface area contributed by atoms with E-state index in [0.717, 1.165) is 5.69 Å². The number of hydrogen-bond acceptors (Lipinski definition) is 4. The first kappa shape index (κ1) is 10.9. The summed E-state index contributed by atoms with van der Waals surface area (Å²) in [5.41, 5.74) is 0.958. The Balaban J connectivity index is 2.52. The van der Waals surface area contributed by atoms with Crippen LogP contribution in [0.1, 0.15) is 6.92 Å². The molecule has 1 atom stereocenters. The predicted molar refractivity (Wildman–Crippen MR) is 55.1 cm³/mol. The second-order valence-corrected chi connectivity index (χ2v) is 3.01. The molecule has 14 heavy (non-hydrogen) atoms. The van der Waals surface area contributed by atoms with Gasteiger partial charge in [-0.1, -0.05) is 0 Å². The van der Waals surface area contributed by atoms with Crippen LogP contribution in [0, 0.1) is 0 Å². The zero-order valence-corrected chi connectivity index (χ0v) is 8.73. The van der Waals surface area contributed by atoms with E-state index >= 15 is 0 Å². The Kier molecular flexibility index (Phi) is 4.35. The minimum absolute atomic E-state index is 0.0780. The molecule has 0 amide bonds. The van der Waals surface area contributed by atoms with Crippen molar-refractivity contribution in [2.75, 3.05) is 19.5 Å². The summed E-state index contributed by atoms with van der Waals surface area (Å²) >= 11 is 0. The van der Waals surface area contributed by atoms with Crippen LogP contribution in [0.25, 0.3) is 0 Å². The molecule has 1 aromatic rings. The Morgan fingerprint density at radius 1 is 1.36 bits per heavy atom. The molecule has 1 heterocycles. The van der Waals surface area contributed by atoms with Gasteiger partial charge in [-0.2, -0.15) is 0 Å². The van der Waals surface area contributed by atoms with Crippen LogP contribution >= 0.6 is 0 Å². The summed E-state index contributed by atoms with van der Waals surface area (Å²) in [6.45, 7) is 1.99. The molecule has 4 nitrogen and oxygen atoms in total. The average Bonchev–Trinajstić information content (AvgIpc) is 2.21. The summed E-state index contributed by atoms with van der Waals surface area (Å²) in [5, 5.41) is 3.23. The minimum atomic E-state index is -0.254. The smallest absolute Gasteiger partial charge is 0.176 e. The van der Waals surface area contributed by atoms with Crippen LogP contribution in [0.4, 0.5) is 5.69 Å². The molecule has 0 saturated carbocycles. The topological polar surface area (TPSA) is 43.4 Å². The third kappa shape index (κ3) is 2.97. The number of ether oxygens (including phenoxy) is 2. The summed E-state index contributed by atoms with van der Waals surface area (Å²) in [6.07, 6.45) is 3.24. The van der Waals surface area contributed by atoms with Crippen LogP contribution in [-0.2, 0) is 9.47 Å². The lowest BCUT2D eigenvalue weighted by atomic mass is 10.3. The van der Waals surface area contributed by atoms with Gasteiger partial charge in [0, 0.05) is 26.6 Å². The monoisotopic (exact) mass is 196 g/mol. The molecule has 0 saturated heterocycles. The van der Waals surface area contributed by atoms with Gasteiger partial charge in [-0.15, -0.1) is 0 Å². The zero-order chi connectivity index (χ0) is 10.4. The summed E-state index contributed by atoms with van der Waals surface area (Å²) in [7, 11) is 3.24. The van der Waals surface area contributed by atoms with E-state index in [1.165, 1.54) is 0 Å². The van der Waals surface area contributed by atoms with Crippen molar-refractivity contribution in [1.29, 1.82) is 0 Å². The van der Waals surface area contributed by atoms with E-state index in [-0.39, 0.29) is 12.3 Å². The number of rotatable bonds is 5. The molecule has 0 spiro atoms. The second-order valence-electron chi connectivity index (χ2n) is 3.01. The maximum Gasteiger partial charge on any atom is 0.176 e. The molecular weight excluding hydrogens is 180 g/mol. The fourth-order valence-corrected chi connectivity index (χ4v) is 1.28. The van der Waals surface area contributed by atoms with Gasteiger partial charge in [-0.3, -0.25) is 4.98 Å². The number of hydrogen-bond donors (Lipinski definition) is 1. The Bertz CT molecular complexity index is 250. The third-order valence-electron chi connectivity index (χ3n) is 1.93. The predicted octanol–water partition coefficient (Wildman–Crippen LogP) is 1.50. The highest BCUT2D eigenvalue weighted by Crippen LogP contribution is 2.08. The largest absolute Gasteiger partial charge is 0.376 e.